The van der Waals surface area contributed by atoms with E-state index in [0.29, 0.717) is 18.8 Å². The normalized spacial score (nSPS) is 32.2. The van der Waals surface area contributed by atoms with Crippen molar-refractivity contribution in [1.82, 2.24) is 0 Å². The first-order chi connectivity index (χ1) is 16.0. The second kappa shape index (κ2) is 9.68. The number of fused-ring (bicyclic) bond motifs is 1. The molecule has 3 fully saturated rings. The maximum absolute atomic E-state index is 13.5. The largest absolute Gasteiger partial charge is 0.458 e. The Labute approximate surface area is 211 Å². The molecular weight excluding hydrogens is 448 g/mol. The van der Waals surface area contributed by atoms with Crippen LogP contribution < -0.4 is 0 Å². The lowest BCUT2D eigenvalue weighted by Crippen LogP contribution is -2.48. The predicted molar refractivity (Wildman–Crippen MR) is 131 cm³/mol. The third-order valence-electron chi connectivity index (χ3n) is 8.19. The minimum Gasteiger partial charge on any atom is -0.458 e. The van der Waals surface area contributed by atoms with Gasteiger partial charge in [-0.05, 0) is 57.3 Å². The number of hydrogen-bond donors (Lipinski definition) is 0. The molecule has 2 aliphatic carbocycles. The monoisotopic (exact) mass is 494 g/mol. The lowest BCUT2D eigenvalue weighted by molar-refractivity contribution is -0.205. The highest BCUT2D eigenvalue weighted by Crippen LogP contribution is 2.63. The lowest BCUT2D eigenvalue weighted by Gasteiger charge is -2.37. The molecule has 3 aliphatic rings. The van der Waals surface area contributed by atoms with E-state index < -0.39 is 41.3 Å². The number of hydrogen-bond acceptors (Lipinski definition) is 7. The smallest absolute Gasteiger partial charge is 0.326 e. The molecular formula is C28H46O7. The van der Waals surface area contributed by atoms with Gasteiger partial charge in [-0.3, -0.25) is 14.4 Å². The number of carbonyl (C=O) groups is 3. The van der Waals surface area contributed by atoms with E-state index in [4.69, 9.17) is 18.9 Å². The van der Waals surface area contributed by atoms with Crippen LogP contribution >= 0.6 is 0 Å². The average Bonchev–Trinajstić information content (AvgIpc) is 3.27. The van der Waals surface area contributed by atoms with E-state index in [1.54, 1.807) is 0 Å². The van der Waals surface area contributed by atoms with Gasteiger partial charge in [0.05, 0.1) is 11.5 Å². The van der Waals surface area contributed by atoms with Crippen molar-refractivity contribution in [3.8, 4) is 0 Å². The highest BCUT2D eigenvalue weighted by atomic mass is 16.7. The summed E-state index contributed by atoms with van der Waals surface area (Å²) < 4.78 is 23.5. The van der Waals surface area contributed by atoms with Crippen molar-refractivity contribution in [3.63, 3.8) is 0 Å². The zero-order chi connectivity index (χ0) is 26.5. The molecule has 0 radical (unpaired) electrons. The Kier molecular flexibility index (Phi) is 7.73. The van der Waals surface area contributed by atoms with Crippen LogP contribution in [0.2, 0.25) is 0 Å². The van der Waals surface area contributed by atoms with Crippen LogP contribution in [0.5, 0.6) is 0 Å². The predicted octanol–water partition coefficient (Wildman–Crippen LogP) is 5.29. The fourth-order valence-electron chi connectivity index (χ4n) is 6.24. The highest BCUT2D eigenvalue weighted by molar-refractivity contribution is 6.03. The molecule has 35 heavy (non-hydrogen) atoms. The van der Waals surface area contributed by atoms with E-state index in [2.05, 4.69) is 34.6 Å². The standard InChI is InChI=1S/C28H46O7/c1-15(2)12-27(10,16(3)4)23(29)34-21-18-11-19-22(21)35-25(31)28(19,13-18)24(30)33-20(32-17(5)6)14-26(7,8)9/h15-22H,11-14H2,1-10H3. The molecule has 0 aromatic heterocycles. The summed E-state index contributed by atoms with van der Waals surface area (Å²) in [5.74, 6) is -1.35. The third kappa shape index (κ3) is 5.26. The minimum absolute atomic E-state index is 0.101. The highest BCUT2D eigenvalue weighted by Gasteiger charge is 2.75. The van der Waals surface area contributed by atoms with Crippen LogP contribution in [0.3, 0.4) is 0 Å². The lowest BCUT2D eigenvalue weighted by atomic mass is 9.72. The molecule has 1 saturated heterocycles. The topological polar surface area (TPSA) is 88.1 Å². The van der Waals surface area contributed by atoms with Gasteiger partial charge in [-0.15, -0.1) is 0 Å². The first-order valence-electron chi connectivity index (χ1n) is 13.3. The van der Waals surface area contributed by atoms with Crippen LogP contribution in [0.25, 0.3) is 0 Å². The number of rotatable bonds is 10. The molecule has 7 heteroatoms. The molecule has 0 aromatic rings. The van der Waals surface area contributed by atoms with Gasteiger partial charge in [0.25, 0.3) is 0 Å². The molecule has 2 saturated carbocycles. The summed E-state index contributed by atoms with van der Waals surface area (Å²) >= 11 is 0. The maximum atomic E-state index is 13.5. The number of ether oxygens (including phenoxy) is 4. The first kappa shape index (κ1) is 27.9. The average molecular weight is 495 g/mol. The Balaban J connectivity index is 1.76. The molecule has 7 unspecified atom stereocenters. The maximum Gasteiger partial charge on any atom is 0.326 e. The summed E-state index contributed by atoms with van der Waals surface area (Å²) in [7, 11) is 0. The SMILES string of the molecule is CC(C)CC(C)(C(=O)OC1C2CC3C1OC(=O)C3(C(=O)OC(CC(C)(C)C)OC(C)C)C2)C(C)C. The molecule has 1 aliphatic heterocycles. The van der Waals surface area contributed by atoms with Crippen molar-refractivity contribution in [1.29, 1.82) is 0 Å². The van der Waals surface area contributed by atoms with Crippen LogP contribution in [-0.2, 0) is 33.3 Å². The molecule has 0 N–H and O–H groups in total. The van der Waals surface area contributed by atoms with Crippen LogP contribution in [0, 0.1) is 39.9 Å². The van der Waals surface area contributed by atoms with Crippen LogP contribution in [0.15, 0.2) is 0 Å². The molecule has 1 heterocycles. The number of carbonyl (C=O) groups excluding carboxylic acids is 3. The van der Waals surface area contributed by atoms with Gasteiger partial charge in [-0.2, -0.15) is 0 Å². The summed E-state index contributed by atoms with van der Waals surface area (Å²) in [6, 6.07) is 0. The second-order valence-electron chi connectivity index (χ2n) is 13.5. The molecule has 7 nitrogen and oxygen atoms in total. The van der Waals surface area contributed by atoms with Gasteiger partial charge >= 0.3 is 17.9 Å². The Morgan fingerprint density at radius 3 is 2.20 bits per heavy atom. The van der Waals surface area contributed by atoms with Gasteiger partial charge in [0.1, 0.15) is 12.2 Å². The zero-order valence-electron chi connectivity index (χ0n) is 23.3. The van der Waals surface area contributed by atoms with E-state index in [9.17, 15) is 14.4 Å². The summed E-state index contributed by atoms with van der Waals surface area (Å²) in [5, 5.41) is 0. The second-order valence-corrected chi connectivity index (χ2v) is 13.5. The fraction of sp³-hybridized carbons (Fsp3) is 0.893. The summed E-state index contributed by atoms with van der Waals surface area (Å²) in [4.78, 5) is 40.0. The van der Waals surface area contributed by atoms with Crippen LogP contribution in [0.1, 0.15) is 94.9 Å². The summed E-state index contributed by atoms with van der Waals surface area (Å²) in [6.07, 6.45) is 0.166. The van der Waals surface area contributed by atoms with E-state index >= 15 is 0 Å². The molecule has 0 amide bonds. The van der Waals surface area contributed by atoms with E-state index in [-0.39, 0.29) is 41.7 Å². The van der Waals surface area contributed by atoms with Crippen LogP contribution in [0.4, 0.5) is 0 Å². The fourth-order valence-corrected chi connectivity index (χ4v) is 6.24. The van der Waals surface area contributed by atoms with Gasteiger partial charge in [-0.25, -0.2) is 0 Å². The first-order valence-corrected chi connectivity index (χ1v) is 13.3. The van der Waals surface area contributed by atoms with E-state index in [1.165, 1.54) is 0 Å². The van der Waals surface area contributed by atoms with Crippen molar-refractivity contribution >= 4 is 17.9 Å². The Bertz CT molecular complexity index is 826. The van der Waals surface area contributed by atoms with Crippen molar-refractivity contribution in [3.05, 3.63) is 0 Å². The van der Waals surface area contributed by atoms with Gasteiger partial charge in [-0.1, -0.05) is 48.5 Å². The zero-order valence-corrected chi connectivity index (χ0v) is 23.3. The van der Waals surface area contributed by atoms with Gasteiger partial charge in [0, 0.05) is 18.3 Å². The third-order valence-corrected chi connectivity index (χ3v) is 8.19. The molecule has 2 bridgehead atoms. The Hall–Kier alpha value is -1.63. The van der Waals surface area contributed by atoms with Crippen molar-refractivity contribution in [2.45, 2.75) is 120 Å². The van der Waals surface area contributed by atoms with Gasteiger partial charge in [0.15, 0.2) is 5.41 Å². The van der Waals surface area contributed by atoms with Crippen molar-refractivity contribution in [2.75, 3.05) is 0 Å². The summed E-state index contributed by atoms with van der Waals surface area (Å²) in [6.45, 7) is 20.2. The summed E-state index contributed by atoms with van der Waals surface area (Å²) in [5.41, 5.74) is -2.07. The molecule has 7 atom stereocenters. The number of esters is 3. The Morgan fingerprint density at radius 1 is 1.06 bits per heavy atom. The van der Waals surface area contributed by atoms with E-state index in [1.807, 2.05) is 34.6 Å². The minimum atomic E-state index is -1.33. The van der Waals surface area contributed by atoms with Crippen molar-refractivity contribution < 1.29 is 33.3 Å². The Morgan fingerprint density at radius 2 is 1.69 bits per heavy atom. The molecule has 0 spiro atoms. The molecule has 200 valence electrons. The van der Waals surface area contributed by atoms with Gasteiger partial charge < -0.3 is 18.9 Å². The van der Waals surface area contributed by atoms with Crippen molar-refractivity contribution in [2.24, 2.45) is 39.9 Å². The molecule has 0 aromatic carbocycles. The molecule has 3 rings (SSSR count). The van der Waals surface area contributed by atoms with Crippen LogP contribution in [-0.4, -0.2) is 42.5 Å². The van der Waals surface area contributed by atoms with E-state index in [0.717, 1.165) is 6.42 Å². The quantitative estimate of drug-likeness (QED) is 0.176. The van der Waals surface area contributed by atoms with Gasteiger partial charge in [0.2, 0.25) is 6.29 Å².